The first-order valence-electron chi connectivity index (χ1n) is 7.75. The van der Waals surface area contributed by atoms with Crippen molar-refractivity contribution in [1.29, 1.82) is 0 Å². The van der Waals surface area contributed by atoms with Crippen LogP contribution in [0, 0.1) is 0 Å². The van der Waals surface area contributed by atoms with Gasteiger partial charge in [0.25, 0.3) is 5.56 Å². The Hall–Kier alpha value is -2.33. The van der Waals surface area contributed by atoms with Crippen molar-refractivity contribution in [2.75, 3.05) is 0 Å². The molecule has 0 unspecified atom stereocenters. The van der Waals surface area contributed by atoms with Crippen LogP contribution in [0.4, 0.5) is 0 Å². The number of benzene rings is 2. The molecule has 24 heavy (non-hydrogen) atoms. The van der Waals surface area contributed by atoms with Crippen molar-refractivity contribution in [3.05, 3.63) is 69.6 Å². The third-order valence-electron chi connectivity index (χ3n) is 3.79. The summed E-state index contributed by atoms with van der Waals surface area (Å²) in [6, 6.07) is 14.1. The fraction of sp³-hybridized carbons (Fsp3) is 0.263. The monoisotopic (exact) mass is 342 g/mol. The van der Waals surface area contributed by atoms with Gasteiger partial charge in [-0.1, -0.05) is 54.1 Å². The molecule has 0 spiro atoms. The molecule has 3 aromatic rings. The molecule has 0 aliphatic heterocycles. The topological polar surface area (TPSA) is 44.1 Å². The van der Waals surface area contributed by atoms with E-state index in [1.54, 1.807) is 0 Å². The summed E-state index contributed by atoms with van der Waals surface area (Å²) in [5, 5.41) is 6.50. The largest absolute Gasteiger partial charge is 0.485 e. The lowest BCUT2D eigenvalue weighted by atomic mass is 10.1. The van der Waals surface area contributed by atoms with Gasteiger partial charge in [0.2, 0.25) is 0 Å². The molecule has 2 aromatic carbocycles. The molecule has 0 fully saturated rings. The van der Waals surface area contributed by atoms with E-state index in [0.29, 0.717) is 12.4 Å². The molecule has 0 aliphatic rings. The summed E-state index contributed by atoms with van der Waals surface area (Å²) in [5.74, 6) is 0.301. The quantitative estimate of drug-likeness (QED) is 0.709. The fourth-order valence-corrected chi connectivity index (χ4v) is 2.75. The number of aromatic nitrogens is 2. The van der Waals surface area contributed by atoms with Crippen molar-refractivity contribution in [2.24, 2.45) is 0 Å². The van der Waals surface area contributed by atoms with E-state index < -0.39 is 5.54 Å². The average molecular weight is 343 g/mol. The highest BCUT2D eigenvalue weighted by molar-refractivity contribution is 6.31. The Morgan fingerprint density at radius 1 is 1.12 bits per heavy atom. The standard InChI is InChI=1S/C19H19ClN2O2/c1-19(2,3)22-18(23)17(20)16(11-21-22)24-12-14-9-6-8-13-7-4-5-10-15(13)14/h4-11H,12H2,1-3H3. The number of hydrogen-bond acceptors (Lipinski definition) is 3. The Bertz CT molecular complexity index is 937. The van der Waals surface area contributed by atoms with Crippen LogP contribution >= 0.6 is 11.6 Å². The van der Waals surface area contributed by atoms with E-state index in [0.717, 1.165) is 16.3 Å². The summed E-state index contributed by atoms with van der Waals surface area (Å²) in [7, 11) is 0. The lowest BCUT2D eigenvalue weighted by Gasteiger charge is -2.21. The van der Waals surface area contributed by atoms with Crippen LogP contribution in [0.15, 0.2) is 53.5 Å². The number of ether oxygens (including phenoxy) is 1. The molecular weight excluding hydrogens is 324 g/mol. The lowest BCUT2D eigenvalue weighted by Crippen LogP contribution is -2.36. The van der Waals surface area contributed by atoms with Gasteiger partial charge in [0.05, 0.1) is 11.7 Å². The van der Waals surface area contributed by atoms with Crippen molar-refractivity contribution in [3.63, 3.8) is 0 Å². The second kappa shape index (κ2) is 6.29. The maximum atomic E-state index is 12.3. The van der Waals surface area contributed by atoms with E-state index in [2.05, 4.69) is 17.2 Å². The molecule has 5 heteroatoms. The molecule has 0 saturated carbocycles. The maximum Gasteiger partial charge on any atom is 0.289 e. The van der Waals surface area contributed by atoms with Gasteiger partial charge >= 0.3 is 0 Å². The van der Waals surface area contributed by atoms with Gasteiger partial charge in [-0.3, -0.25) is 4.79 Å². The number of rotatable bonds is 3. The third-order valence-corrected chi connectivity index (χ3v) is 4.13. The van der Waals surface area contributed by atoms with Gasteiger partial charge in [-0.2, -0.15) is 5.10 Å². The molecule has 0 bridgehead atoms. The highest BCUT2D eigenvalue weighted by atomic mass is 35.5. The van der Waals surface area contributed by atoms with Gasteiger partial charge in [-0.05, 0) is 37.1 Å². The number of nitrogens with zero attached hydrogens (tertiary/aromatic N) is 2. The molecule has 0 radical (unpaired) electrons. The first-order chi connectivity index (χ1) is 11.4. The highest BCUT2D eigenvalue weighted by Gasteiger charge is 2.20. The molecule has 0 N–H and O–H groups in total. The molecule has 3 rings (SSSR count). The second-order valence-corrected chi connectivity index (χ2v) is 7.02. The summed E-state index contributed by atoms with van der Waals surface area (Å²) in [5.41, 5.74) is 0.248. The van der Waals surface area contributed by atoms with Gasteiger partial charge in [0.1, 0.15) is 6.61 Å². The molecule has 0 aliphatic carbocycles. The lowest BCUT2D eigenvalue weighted by molar-refractivity contribution is 0.293. The van der Waals surface area contributed by atoms with Crippen LogP contribution in [0.1, 0.15) is 26.3 Å². The minimum Gasteiger partial charge on any atom is -0.485 e. The SMILES string of the molecule is CC(C)(C)n1ncc(OCc2cccc3ccccc23)c(Cl)c1=O. The van der Waals surface area contributed by atoms with E-state index in [9.17, 15) is 4.79 Å². The summed E-state index contributed by atoms with van der Waals surface area (Å²) >= 11 is 6.19. The smallest absolute Gasteiger partial charge is 0.289 e. The van der Waals surface area contributed by atoms with Crippen LogP contribution < -0.4 is 10.3 Å². The Balaban J connectivity index is 1.90. The molecule has 0 amide bonds. The Morgan fingerprint density at radius 2 is 1.83 bits per heavy atom. The minimum atomic E-state index is -0.436. The van der Waals surface area contributed by atoms with Gasteiger partial charge < -0.3 is 4.74 Å². The van der Waals surface area contributed by atoms with E-state index in [1.807, 2.05) is 51.1 Å². The normalized spacial score (nSPS) is 11.7. The first kappa shape index (κ1) is 16.5. The summed E-state index contributed by atoms with van der Waals surface area (Å²) in [4.78, 5) is 12.3. The molecule has 1 heterocycles. The van der Waals surface area contributed by atoms with Crippen LogP contribution in [0.2, 0.25) is 5.02 Å². The first-order valence-corrected chi connectivity index (χ1v) is 8.13. The Kier molecular flexibility index (Phi) is 4.33. The maximum absolute atomic E-state index is 12.3. The number of hydrogen-bond donors (Lipinski definition) is 0. The van der Waals surface area contributed by atoms with Crippen LogP contribution in [0.5, 0.6) is 5.75 Å². The zero-order valence-corrected chi connectivity index (χ0v) is 14.7. The van der Waals surface area contributed by atoms with Crippen molar-refractivity contribution < 1.29 is 4.74 Å². The molecule has 4 nitrogen and oxygen atoms in total. The summed E-state index contributed by atoms with van der Waals surface area (Å²) < 4.78 is 7.13. The van der Waals surface area contributed by atoms with Crippen LogP contribution in [0.25, 0.3) is 10.8 Å². The van der Waals surface area contributed by atoms with E-state index in [-0.39, 0.29) is 10.6 Å². The van der Waals surface area contributed by atoms with E-state index in [1.165, 1.54) is 10.9 Å². The fourth-order valence-electron chi connectivity index (χ4n) is 2.57. The van der Waals surface area contributed by atoms with Crippen LogP contribution in [-0.4, -0.2) is 9.78 Å². The van der Waals surface area contributed by atoms with E-state index in [4.69, 9.17) is 16.3 Å². The minimum absolute atomic E-state index is 0.0557. The van der Waals surface area contributed by atoms with Gasteiger partial charge in [-0.15, -0.1) is 0 Å². The van der Waals surface area contributed by atoms with Gasteiger partial charge in [0.15, 0.2) is 10.8 Å². The van der Waals surface area contributed by atoms with Crippen LogP contribution in [0.3, 0.4) is 0 Å². The zero-order chi connectivity index (χ0) is 17.3. The average Bonchev–Trinajstić information content (AvgIpc) is 2.55. The molecule has 124 valence electrons. The van der Waals surface area contributed by atoms with Gasteiger partial charge in [0, 0.05) is 0 Å². The van der Waals surface area contributed by atoms with Crippen LogP contribution in [-0.2, 0) is 12.1 Å². The molecule has 0 atom stereocenters. The molecule has 0 saturated heterocycles. The van der Waals surface area contributed by atoms with Crippen molar-refractivity contribution in [1.82, 2.24) is 9.78 Å². The predicted octanol–water partition coefficient (Wildman–Crippen LogP) is 4.38. The van der Waals surface area contributed by atoms with Crippen molar-refractivity contribution in [3.8, 4) is 5.75 Å². The van der Waals surface area contributed by atoms with Crippen molar-refractivity contribution in [2.45, 2.75) is 32.9 Å². The predicted molar refractivity (Wildman–Crippen MR) is 96.8 cm³/mol. The third kappa shape index (κ3) is 3.15. The van der Waals surface area contributed by atoms with Crippen molar-refractivity contribution >= 4 is 22.4 Å². The Labute approximate surface area is 145 Å². The van der Waals surface area contributed by atoms with E-state index >= 15 is 0 Å². The molecular formula is C19H19ClN2O2. The zero-order valence-electron chi connectivity index (χ0n) is 13.9. The summed E-state index contributed by atoms with van der Waals surface area (Å²) in [6.07, 6.45) is 1.50. The summed E-state index contributed by atoms with van der Waals surface area (Å²) in [6.45, 7) is 6.01. The highest BCUT2D eigenvalue weighted by Crippen LogP contribution is 2.24. The number of fused-ring (bicyclic) bond motifs is 1. The van der Waals surface area contributed by atoms with Gasteiger partial charge in [-0.25, -0.2) is 4.68 Å². The number of halogens is 1. The second-order valence-electron chi connectivity index (χ2n) is 6.64. The Morgan fingerprint density at radius 3 is 2.58 bits per heavy atom. The molecule has 1 aromatic heterocycles.